The summed E-state index contributed by atoms with van der Waals surface area (Å²) in [6, 6.07) is 3.54. The molecule has 1 rings (SSSR count). The number of carbonyl (C=O) groups is 2. The van der Waals surface area contributed by atoms with Crippen LogP contribution >= 0.6 is 0 Å². The molecule has 1 aromatic rings. The van der Waals surface area contributed by atoms with Crippen LogP contribution in [0.2, 0.25) is 0 Å². The number of carbonyl (C=O) groups excluding carboxylic acids is 2. The van der Waals surface area contributed by atoms with Gasteiger partial charge in [0.15, 0.2) is 0 Å². The number of phenols is 1. The standard InChI is InChI=1S/C16H22O5/c1-16(2,3)12-6-10(8-13(17)20-4)15(19)11(7-12)9-14(18)21-5/h6-7,19H,8-9H2,1-5H3. The number of benzene rings is 1. The van der Waals surface area contributed by atoms with Gasteiger partial charge in [-0.1, -0.05) is 32.9 Å². The summed E-state index contributed by atoms with van der Waals surface area (Å²) in [4.78, 5) is 22.9. The van der Waals surface area contributed by atoms with Crippen LogP contribution in [0.1, 0.15) is 37.5 Å². The highest BCUT2D eigenvalue weighted by molar-refractivity contribution is 5.76. The van der Waals surface area contributed by atoms with E-state index in [0.29, 0.717) is 11.1 Å². The van der Waals surface area contributed by atoms with E-state index in [1.54, 1.807) is 12.1 Å². The quantitative estimate of drug-likeness (QED) is 0.861. The molecule has 5 heteroatoms. The number of rotatable bonds is 4. The van der Waals surface area contributed by atoms with Gasteiger partial charge in [-0.15, -0.1) is 0 Å². The molecule has 5 nitrogen and oxygen atoms in total. The molecule has 0 fully saturated rings. The third-order valence-corrected chi connectivity index (χ3v) is 3.26. The van der Waals surface area contributed by atoms with Crippen LogP contribution < -0.4 is 0 Å². The fraction of sp³-hybridized carbons (Fsp3) is 0.500. The van der Waals surface area contributed by atoms with Crippen molar-refractivity contribution in [3.63, 3.8) is 0 Å². The zero-order valence-electron chi connectivity index (χ0n) is 13.1. The minimum Gasteiger partial charge on any atom is -0.507 e. The molecule has 0 bridgehead atoms. The molecule has 0 aliphatic heterocycles. The Hall–Kier alpha value is -2.04. The zero-order valence-corrected chi connectivity index (χ0v) is 13.1. The summed E-state index contributed by atoms with van der Waals surface area (Å²) in [5.74, 6) is -0.945. The van der Waals surface area contributed by atoms with Crippen LogP contribution in [0.4, 0.5) is 0 Å². The molecule has 0 heterocycles. The van der Waals surface area contributed by atoms with Gasteiger partial charge in [0.05, 0.1) is 27.1 Å². The molecule has 21 heavy (non-hydrogen) atoms. The summed E-state index contributed by atoms with van der Waals surface area (Å²) < 4.78 is 9.27. The van der Waals surface area contributed by atoms with Gasteiger partial charge in [-0.05, 0) is 11.0 Å². The Labute approximate surface area is 124 Å². The lowest BCUT2D eigenvalue weighted by molar-refractivity contribution is -0.140. The van der Waals surface area contributed by atoms with E-state index in [1.807, 2.05) is 20.8 Å². The summed E-state index contributed by atoms with van der Waals surface area (Å²) in [6.45, 7) is 6.05. The van der Waals surface area contributed by atoms with Crippen LogP contribution in [0.25, 0.3) is 0 Å². The first-order valence-electron chi connectivity index (χ1n) is 6.68. The number of aromatic hydroxyl groups is 1. The molecule has 0 saturated carbocycles. The molecule has 1 N–H and O–H groups in total. The van der Waals surface area contributed by atoms with Gasteiger partial charge in [0, 0.05) is 11.1 Å². The maximum absolute atomic E-state index is 11.5. The Kier molecular flexibility index (Phi) is 5.35. The van der Waals surface area contributed by atoms with Crippen LogP contribution in [0, 0.1) is 0 Å². The summed E-state index contributed by atoms with van der Waals surface area (Å²) in [6.07, 6.45) is -0.0825. The lowest BCUT2D eigenvalue weighted by Crippen LogP contribution is -2.15. The van der Waals surface area contributed by atoms with Crippen LogP contribution in [0.5, 0.6) is 5.75 Å². The van der Waals surface area contributed by atoms with E-state index < -0.39 is 11.9 Å². The van der Waals surface area contributed by atoms with E-state index in [4.69, 9.17) is 0 Å². The Bertz CT molecular complexity index is 501. The van der Waals surface area contributed by atoms with E-state index in [2.05, 4.69) is 9.47 Å². The first-order valence-corrected chi connectivity index (χ1v) is 6.68. The molecule has 1 aromatic carbocycles. The van der Waals surface area contributed by atoms with Crippen molar-refractivity contribution in [1.29, 1.82) is 0 Å². The molecule has 0 aliphatic carbocycles. The maximum atomic E-state index is 11.5. The molecule has 0 saturated heterocycles. The summed E-state index contributed by atoms with van der Waals surface area (Å²) in [7, 11) is 2.59. The molecule has 0 aromatic heterocycles. The van der Waals surface area contributed by atoms with E-state index in [9.17, 15) is 14.7 Å². The van der Waals surface area contributed by atoms with Crippen molar-refractivity contribution in [3.8, 4) is 5.75 Å². The van der Waals surface area contributed by atoms with E-state index >= 15 is 0 Å². The fourth-order valence-electron chi connectivity index (χ4n) is 1.92. The second-order valence-corrected chi connectivity index (χ2v) is 5.90. The minimum absolute atomic E-state index is 0.0412. The number of methoxy groups -OCH3 is 2. The van der Waals surface area contributed by atoms with Gasteiger partial charge in [-0.3, -0.25) is 9.59 Å². The largest absolute Gasteiger partial charge is 0.507 e. The normalized spacial score (nSPS) is 11.1. The van der Waals surface area contributed by atoms with Crippen molar-refractivity contribution >= 4 is 11.9 Å². The monoisotopic (exact) mass is 294 g/mol. The molecular formula is C16H22O5. The van der Waals surface area contributed by atoms with E-state index in [1.165, 1.54) is 14.2 Å². The van der Waals surface area contributed by atoms with Crippen LogP contribution in [-0.2, 0) is 37.3 Å². The molecule has 0 aliphatic rings. The van der Waals surface area contributed by atoms with Crippen molar-refractivity contribution in [2.45, 2.75) is 39.0 Å². The first kappa shape index (κ1) is 17.0. The van der Waals surface area contributed by atoms with Gasteiger partial charge >= 0.3 is 11.9 Å². The smallest absolute Gasteiger partial charge is 0.310 e. The Balaban J connectivity index is 3.32. The first-order chi connectivity index (χ1) is 9.68. The van der Waals surface area contributed by atoms with Crippen molar-refractivity contribution in [2.24, 2.45) is 0 Å². The molecule has 0 atom stereocenters. The number of phenolic OH excluding ortho intramolecular Hbond substituents is 1. The molecule has 0 unspecified atom stereocenters. The number of hydrogen-bond acceptors (Lipinski definition) is 5. The molecule has 116 valence electrons. The van der Waals surface area contributed by atoms with Gasteiger partial charge in [0.2, 0.25) is 0 Å². The highest BCUT2D eigenvalue weighted by Gasteiger charge is 2.21. The Morgan fingerprint density at radius 1 is 1.00 bits per heavy atom. The van der Waals surface area contributed by atoms with Crippen molar-refractivity contribution < 1.29 is 24.2 Å². The summed E-state index contributed by atoms with van der Waals surface area (Å²) >= 11 is 0. The van der Waals surface area contributed by atoms with E-state index in [-0.39, 0.29) is 24.0 Å². The molecule has 0 spiro atoms. The van der Waals surface area contributed by atoms with Gasteiger partial charge in [-0.25, -0.2) is 0 Å². The van der Waals surface area contributed by atoms with Gasteiger partial charge in [0.1, 0.15) is 5.75 Å². The third-order valence-electron chi connectivity index (χ3n) is 3.26. The highest BCUT2D eigenvalue weighted by atomic mass is 16.5. The van der Waals surface area contributed by atoms with Crippen LogP contribution in [0.3, 0.4) is 0 Å². The summed E-state index contributed by atoms with van der Waals surface area (Å²) in [5, 5.41) is 10.3. The van der Waals surface area contributed by atoms with Crippen molar-refractivity contribution in [3.05, 3.63) is 28.8 Å². The van der Waals surface area contributed by atoms with Crippen molar-refractivity contribution in [2.75, 3.05) is 14.2 Å². The van der Waals surface area contributed by atoms with Crippen LogP contribution in [-0.4, -0.2) is 31.3 Å². The second kappa shape index (κ2) is 6.61. The van der Waals surface area contributed by atoms with E-state index in [0.717, 1.165) is 5.56 Å². The van der Waals surface area contributed by atoms with Gasteiger partial charge in [-0.2, -0.15) is 0 Å². The number of ether oxygens (including phenoxy) is 2. The zero-order chi connectivity index (χ0) is 16.2. The Morgan fingerprint density at radius 3 is 1.67 bits per heavy atom. The molecule has 0 radical (unpaired) electrons. The van der Waals surface area contributed by atoms with Crippen molar-refractivity contribution in [1.82, 2.24) is 0 Å². The molecular weight excluding hydrogens is 272 g/mol. The number of hydrogen-bond donors (Lipinski definition) is 1. The third kappa shape index (κ3) is 4.48. The molecule has 0 amide bonds. The predicted molar refractivity (Wildman–Crippen MR) is 78.2 cm³/mol. The highest BCUT2D eigenvalue weighted by Crippen LogP contribution is 2.32. The minimum atomic E-state index is -0.444. The SMILES string of the molecule is COC(=O)Cc1cc(C(C)(C)C)cc(CC(=O)OC)c1O. The number of esters is 2. The topological polar surface area (TPSA) is 72.8 Å². The Morgan fingerprint density at radius 2 is 1.38 bits per heavy atom. The fourth-order valence-corrected chi connectivity index (χ4v) is 1.92. The summed E-state index contributed by atoms with van der Waals surface area (Å²) in [5.41, 5.74) is 1.66. The predicted octanol–water partition coefficient (Wildman–Crippen LogP) is 2.12. The lowest BCUT2D eigenvalue weighted by Gasteiger charge is -2.22. The lowest BCUT2D eigenvalue weighted by atomic mass is 9.84. The maximum Gasteiger partial charge on any atom is 0.310 e. The average molecular weight is 294 g/mol. The van der Waals surface area contributed by atoms with Crippen LogP contribution in [0.15, 0.2) is 12.1 Å². The second-order valence-electron chi connectivity index (χ2n) is 5.90. The van der Waals surface area contributed by atoms with Gasteiger partial charge < -0.3 is 14.6 Å². The average Bonchev–Trinajstić information content (AvgIpc) is 2.41. The van der Waals surface area contributed by atoms with Gasteiger partial charge in [0.25, 0.3) is 0 Å².